The molecule has 0 heterocycles. The maximum atomic E-state index is 10.6. The van der Waals surface area contributed by atoms with Crippen molar-refractivity contribution in [3.05, 3.63) is 0 Å². The Morgan fingerprint density at radius 2 is 2.23 bits per heavy atom. The van der Waals surface area contributed by atoms with E-state index in [0.717, 1.165) is 12.8 Å². The molecule has 0 aliphatic heterocycles. The Kier molecular flexibility index (Phi) is 6.68. The molecule has 0 saturated carbocycles. The molecule has 0 saturated heterocycles. The highest BCUT2D eigenvalue weighted by molar-refractivity contribution is 5.79. The van der Waals surface area contributed by atoms with Crippen LogP contribution in [0.5, 0.6) is 0 Å². The van der Waals surface area contributed by atoms with E-state index in [0.29, 0.717) is 12.3 Å². The van der Waals surface area contributed by atoms with Crippen LogP contribution in [-0.2, 0) is 14.4 Å². The number of carbonyl (C=O) groups is 1. The molecule has 0 unspecified atom stereocenters. The van der Waals surface area contributed by atoms with Gasteiger partial charge >= 0.3 is 5.97 Å². The van der Waals surface area contributed by atoms with Gasteiger partial charge in [0.2, 0.25) is 6.61 Å². The van der Waals surface area contributed by atoms with E-state index in [4.69, 9.17) is 5.73 Å². The summed E-state index contributed by atoms with van der Waals surface area (Å²) in [6.07, 6.45) is 2.71. The zero-order valence-electron chi connectivity index (χ0n) is 8.08. The number of esters is 1. The minimum atomic E-state index is -0.466. The lowest BCUT2D eigenvalue weighted by Crippen LogP contribution is -2.14. The van der Waals surface area contributed by atoms with Gasteiger partial charge in [-0.05, 0) is 6.42 Å². The Morgan fingerprint density at radius 3 is 2.77 bits per heavy atom. The summed E-state index contributed by atoms with van der Waals surface area (Å²) in [5, 5.41) is 3.54. The van der Waals surface area contributed by atoms with Crippen molar-refractivity contribution in [1.82, 2.24) is 0 Å². The number of carbonyl (C=O) groups excluding carboxylic acids is 1. The molecule has 5 heteroatoms. The lowest BCUT2D eigenvalue weighted by Gasteiger charge is -1.99. The third-order valence-electron chi connectivity index (χ3n) is 1.38. The number of nitrogens with zero attached hydrogens (tertiary/aromatic N) is 1. The van der Waals surface area contributed by atoms with Crippen LogP contribution in [0.2, 0.25) is 0 Å². The number of methoxy groups -OCH3 is 1. The van der Waals surface area contributed by atoms with E-state index in [1.54, 1.807) is 0 Å². The number of nitrogens with two attached hydrogens (primary N) is 1. The molecule has 0 rings (SSSR count). The predicted molar refractivity (Wildman–Crippen MR) is 49.1 cm³/mol. The van der Waals surface area contributed by atoms with Gasteiger partial charge in [0.05, 0.1) is 7.11 Å². The lowest BCUT2D eigenvalue weighted by atomic mass is 10.2. The third kappa shape index (κ3) is 7.11. The first-order valence-electron chi connectivity index (χ1n) is 4.21. The first-order valence-corrected chi connectivity index (χ1v) is 4.21. The molecule has 0 atom stereocenters. The monoisotopic (exact) mass is 188 g/mol. The van der Waals surface area contributed by atoms with E-state index in [-0.39, 0.29) is 6.61 Å². The fourth-order valence-electron chi connectivity index (χ4n) is 0.630. The SMILES string of the molecule is CCCC/C(N)=N/OCC(=O)OC. The quantitative estimate of drug-likeness (QED) is 0.287. The van der Waals surface area contributed by atoms with Gasteiger partial charge in [-0.3, -0.25) is 0 Å². The largest absolute Gasteiger partial charge is 0.466 e. The summed E-state index contributed by atoms with van der Waals surface area (Å²) >= 11 is 0. The molecule has 0 aromatic heterocycles. The number of amidine groups is 1. The van der Waals surface area contributed by atoms with Gasteiger partial charge in [-0.25, -0.2) is 4.79 Å². The van der Waals surface area contributed by atoms with Crippen LogP contribution >= 0.6 is 0 Å². The van der Waals surface area contributed by atoms with Gasteiger partial charge < -0.3 is 15.3 Å². The second kappa shape index (κ2) is 7.39. The Balaban J connectivity index is 3.52. The van der Waals surface area contributed by atoms with E-state index < -0.39 is 5.97 Å². The summed E-state index contributed by atoms with van der Waals surface area (Å²) < 4.78 is 4.34. The number of unbranched alkanes of at least 4 members (excludes halogenated alkanes) is 1. The van der Waals surface area contributed by atoms with Gasteiger partial charge in [-0.2, -0.15) is 0 Å². The van der Waals surface area contributed by atoms with Gasteiger partial charge in [-0.15, -0.1) is 0 Å². The second-order valence-corrected chi connectivity index (χ2v) is 2.54. The van der Waals surface area contributed by atoms with Crippen LogP contribution in [0.1, 0.15) is 26.2 Å². The normalized spacial score (nSPS) is 11.1. The summed E-state index contributed by atoms with van der Waals surface area (Å²) in [6, 6.07) is 0. The van der Waals surface area contributed by atoms with Crippen LogP contribution in [0.25, 0.3) is 0 Å². The van der Waals surface area contributed by atoms with Crippen molar-refractivity contribution >= 4 is 11.8 Å². The molecule has 0 bridgehead atoms. The van der Waals surface area contributed by atoms with Crippen molar-refractivity contribution in [2.24, 2.45) is 10.9 Å². The van der Waals surface area contributed by atoms with Crippen molar-refractivity contribution in [1.29, 1.82) is 0 Å². The molecule has 0 spiro atoms. The Labute approximate surface area is 77.9 Å². The lowest BCUT2D eigenvalue weighted by molar-refractivity contribution is -0.145. The van der Waals surface area contributed by atoms with E-state index in [2.05, 4.69) is 21.7 Å². The Hall–Kier alpha value is -1.26. The summed E-state index contributed by atoms with van der Waals surface area (Å²) in [5.41, 5.74) is 5.46. The first-order chi connectivity index (χ1) is 6.20. The van der Waals surface area contributed by atoms with E-state index in [9.17, 15) is 4.79 Å². The van der Waals surface area contributed by atoms with Crippen LogP contribution in [0.4, 0.5) is 0 Å². The van der Waals surface area contributed by atoms with Gasteiger partial charge in [-0.1, -0.05) is 18.5 Å². The standard InChI is InChI=1S/C8H16N2O3/c1-3-4-5-7(9)10-13-6-8(11)12-2/h3-6H2,1-2H3,(H2,9,10). The zero-order chi connectivity index (χ0) is 10.1. The molecule has 0 amide bonds. The molecule has 0 aromatic carbocycles. The maximum Gasteiger partial charge on any atom is 0.346 e. The minimum Gasteiger partial charge on any atom is -0.466 e. The van der Waals surface area contributed by atoms with E-state index in [1.165, 1.54) is 7.11 Å². The molecular formula is C8H16N2O3. The molecule has 0 aliphatic rings. The highest BCUT2D eigenvalue weighted by Gasteiger charge is 1.99. The average Bonchev–Trinajstić information content (AvgIpc) is 2.14. The maximum absolute atomic E-state index is 10.6. The molecule has 0 fully saturated rings. The smallest absolute Gasteiger partial charge is 0.346 e. The number of hydrogen-bond acceptors (Lipinski definition) is 4. The summed E-state index contributed by atoms with van der Waals surface area (Å²) in [5.74, 6) is -0.0576. The Bertz CT molecular complexity index is 180. The summed E-state index contributed by atoms with van der Waals surface area (Å²) in [4.78, 5) is 15.2. The van der Waals surface area contributed by atoms with Crippen molar-refractivity contribution < 1.29 is 14.4 Å². The third-order valence-corrected chi connectivity index (χ3v) is 1.38. The molecule has 2 N–H and O–H groups in total. The molecular weight excluding hydrogens is 172 g/mol. The minimum absolute atomic E-state index is 0.191. The molecule has 0 radical (unpaired) electrons. The van der Waals surface area contributed by atoms with Crippen molar-refractivity contribution in [2.75, 3.05) is 13.7 Å². The van der Waals surface area contributed by atoms with Gasteiger partial charge in [0.25, 0.3) is 0 Å². The number of oxime groups is 1. The van der Waals surface area contributed by atoms with Crippen molar-refractivity contribution in [3.8, 4) is 0 Å². The first kappa shape index (κ1) is 11.7. The summed E-state index contributed by atoms with van der Waals surface area (Å²) in [6.45, 7) is 1.87. The molecule has 5 nitrogen and oxygen atoms in total. The fourth-order valence-corrected chi connectivity index (χ4v) is 0.630. The van der Waals surface area contributed by atoms with Crippen LogP contribution in [-0.4, -0.2) is 25.5 Å². The molecule has 0 aromatic rings. The van der Waals surface area contributed by atoms with Gasteiger partial charge in [0.15, 0.2) is 0 Å². The van der Waals surface area contributed by atoms with Crippen molar-refractivity contribution in [2.45, 2.75) is 26.2 Å². The highest BCUT2D eigenvalue weighted by Crippen LogP contribution is 1.93. The van der Waals surface area contributed by atoms with Crippen molar-refractivity contribution in [3.63, 3.8) is 0 Å². The number of ether oxygens (including phenoxy) is 1. The second-order valence-electron chi connectivity index (χ2n) is 2.54. The van der Waals surface area contributed by atoms with Crippen LogP contribution < -0.4 is 5.73 Å². The van der Waals surface area contributed by atoms with E-state index in [1.807, 2.05) is 0 Å². The molecule has 13 heavy (non-hydrogen) atoms. The van der Waals surface area contributed by atoms with Crippen LogP contribution in [0, 0.1) is 0 Å². The Morgan fingerprint density at radius 1 is 1.54 bits per heavy atom. The summed E-state index contributed by atoms with van der Waals surface area (Å²) in [7, 11) is 1.29. The fraction of sp³-hybridized carbons (Fsp3) is 0.750. The van der Waals surface area contributed by atoms with Crippen LogP contribution in [0.15, 0.2) is 5.16 Å². The molecule has 0 aliphatic carbocycles. The van der Waals surface area contributed by atoms with Gasteiger partial charge in [0.1, 0.15) is 5.84 Å². The van der Waals surface area contributed by atoms with Crippen LogP contribution in [0.3, 0.4) is 0 Å². The van der Waals surface area contributed by atoms with E-state index >= 15 is 0 Å². The zero-order valence-corrected chi connectivity index (χ0v) is 8.08. The average molecular weight is 188 g/mol. The number of hydrogen-bond donors (Lipinski definition) is 1. The topological polar surface area (TPSA) is 73.9 Å². The number of rotatable bonds is 6. The molecule has 76 valence electrons. The predicted octanol–water partition coefficient (Wildman–Crippen LogP) is 0.638. The highest BCUT2D eigenvalue weighted by atomic mass is 16.6. The van der Waals surface area contributed by atoms with Gasteiger partial charge in [0, 0.05) is 6.42 Å².